The number of aliphatic hydroxyl groups is 1. The first-order valence-corrected chi connectivity index (χ1v) is 8.00. The van der Waals surface area contributed by atoms with E-state index in [-0.39, 0.29) is 25.0 Å². The van der Waals surface area contributed by atoms with Crippen LogP contribution in [0.2, 0.25) is 0 Å². The molecular weight excluding hydrogens is 370 g/mol. The number of likely N-dealkylation sites (N-methyl/N-ethyl adjacent to an activating group) is 1. The molecule has 0 bridgehead atoms. The Bertz CT molecular complexity index is 507. The predicted molar refractivity (Wildman–Crippen MR) is 107 cm³/mol. The largest absolute Gasteiger partial charge is 1.00 e. The highest BCUT2D eigenvalue weighted by Gasteiger charge is 2.17. The minimum Gasteiger partial charge on any atom is -1.00 e. The van der Waals surface area contributed by atoms with Crippen molar-refractivity contribution in [2.75, 3.05) is 41.4 Å². The molecule has 0 aromatic rings. The molecule has 0 saturated heterocycles. The van der Waals surface area contributed by atoms with Gasteiger partial charge in [0, 0.05) is 11.1 Å². The molecule has 0 aromatic heterocycles. The van der Waals surface area contributed by atoms with Gasteiger partial charge in [-0.05, 0) is 20.8 Å². The van der Waals surface area contributed by atoms with Gasteiger partial charge in [0.25, 0.3) is 0 Å². The van der Waals surface area contributed by atoms with Crippen LogP contribution in [0.1, 0.15) is 20.8 Å². The lowest BCUT2D eigenvalue weighted by Crippen LogP contribution is -3.00. The van der Waals surface area contributed by atoms with Crippen LogP contribution < -0.4 is 12.4 Å². The fraction of sp³-hybridized carbons (Fsp3) is 0.500. The second-order valence-electron chi connectivity index (χ2n) is 6.83. The van der Waals surface area contributed by atoms with E-state index in [1.165, 1.54) is 7.11 Å². The van der Waals surface area contributed by atoms with Crippen LogP contribution in [-0.4, -0.2) is 69.0 Å². The second-order valence-corrected chi connectivity index (χ2v) is 6.83. The number of methoxy groups -OCH3 is 1. The number of quaternary nitrogens is 1. The van der Waals surface area contributed by atoms with Crippen LogP contribution in [-0.2, 0) is 19.1 Å². The summed E-state index contributed by atoms with van der Waals surface area (Å²) in [5.41, 5.74) is 1.80. The molecule has 0 aliphatic rings. The van der Waals surface area contributed by atoms with Crippen LogP contribution >= 0.6 is 0 Å². The van der Waals surface area contributed by atoms with E-state index in [2.05, 4.69) is 31.1 Å². The van der Waals surface area contributed by atoms with Crippen molar-refractivity contribution in [1.82, 2.24) is 0 Å². The smallest absolute Gasteiger partial charge is 0.333 e. The summed E-state index contributed by atoms with van der Waals surface area (Å²) >= 11 is 0. The molecule has 0 spiro atoms. The maximum atomic E-state index is 11.0. The molecule has 0 rings (SSSR count). The number of ether oxygens (including phenoxy) is 2. The van der Waals surface area contributed by atoms with Gasteiger partial charge < -0.3 is 31.5 Å². The topological polar surface area (TPSA) is 72.8 Å². The summed E-state index contributed by atoms with van der Waals surface area (Å²) in [7, 11) is 7.22. The van der Waals surface area contributed by atoms with Gasteiger partial charge >= 0.3 is 11.9 Å². The second kappa shape index (κ2) is 17.5. The zero-order valence-electron chi connectivity index (χ0n) is 17.8. The first-order valence-electron chi connectivity index (χ1n) is 8.00. The highest BCUT2D eigenvalue weighted by molar-refractivity contribution is 5.87. The Balaban J connectivity index is -0.000000170. The summed E-state index contributed by atoms with van der Waals surface area (Å²) in [6, 6.07) is 0. The Morgan fingerprint density at radius 2 is 1.41 bits per heavy atom. The molecule has 0 amide bonds. The lowest BCUT2D eigenvalue weighted by molar-refractivity contribution is -0.873. The molecule has 0 aliphatic carbocycles. The van der Waals surface area contributed by atoms with Gasteiger partial charge in [-0.25, -0.2) is 9.59 Å². The van der Waals surface area contributed by atoms with Crippen molar-refractivity contribution in [3.63, 3.8) is 0 Å². The lowest BCUT2D eigenvalue weighted by atomic mass is 10.3. The van der Waals surface area contributed by atoms with Gasteiger partial charge in [-0.2, -0.15) is 0 Å². The van der Waals surface area contributed by atoms with Crippen molar-refractivity contribution >= 4 is 11.9 Å². The molecule has 1 unspecified atom stereocenters. The van der Waals surface area contributed by atoms with Crippen molar-refractivity contribution in [2.24, 2.45) is 0 Å². The summed E-state index contributed by atoms with van der Waals surface area (Å²) in [5, 5.41) is 9.49. The Hall–Kier alpha value is -1.89. The molecule has 0 fully saturated rings. The molecule has 0 heterocycles. The third kappa shape index (κ3) is 29.1. The zero-order valence-corrected chi connectivity index (χ0v) is 18.6. The number of halogens is 1. The molecule has 6 nitrogen and oxygen atoms in total. The van der Waals surface area contributed by atoms with Crippen LogP contribution in [0.25, 0.3) is 0 Å². The average molecular weight is 406 g/mol. The van der Waals surface area contributed by atoms with E-state index in [0.717, 1.165) is 5.57 Å². The third-order valence-electron chi connectivity index (χ3n) is 2.40. The first-order chi connectivity index (χ1) is 11.7. The maximum Gasteiger partial charge on any atom is 0.333 e. The number of hydrogen-bond acceptors (Lipinski definition) is 5. The van der Waals surface area contributed by atoms with Crippen molar-refractivity contribution in [2.45, 2.75) is 26.9 Å². The third-order valence-corrected chi connectivity index (χ3v) is 2.40. The van der Waals surface area contributed by atoms with Crippen molar-refractivity contribution in [3.8, 4) is 0 Å². The summed E-state index contributed by atoms with van der Waals surface area (Å²) in [5.74, 6) is -0.801. The Kier molecular flexibility index (Phi) is 21.3. The Labute approximate surface area is 170 Å². The van der Waals surface area contributed by atoms with Crippen LogP contribution in [0.5, 0.6) is 0 Å². The van der Waals surface area contributed by atoms with Crippen LogP contribution in [0, 0.1) is 0 Å². The number of allylic oxidation sites excluding steroid dienone is 2. The van der Waals surface area contributed by atoms with Gasteiger partial charge in [0.2, 0.25) is 0 Å². The maximum absolute atomic E-state index is 11.0. The molecule has 158 valence electrons. The van der Waals surface area contributed by atoms with E-state index >= 15 is 0 Å². The number of rotatable bonds is 7. The van der Waals surface area contributed by atoms with E-state index in [1.807, 2.05) is 28.1 Å². The normalized spacial score (nSPS) is 10.2. The van der Waals surface area contributed by atoms with E-state index in [1.54, 1.807) is 19.9 Å². The Morgan fingerprint density at radius 1 is 1.04 bits per heavy atom. The summed E-state index contributed by atoms with van der Waals surface area (Å²) in [4.78, 5) is 21.2. The summed E-state index contributed by atoms with van der Waals surface area (Å²) < 4.78 is 9.72. The minimum atomic E-state index is -0.627. The molecule has 0 saturated carbocycles. The summed E-state index contributed by atoms with van der Waals surface area (Å²) in [6.45, 7) is 19.5. The van der Waals surface area contributed by atoms with E-state index in [9.17, 15) is 14.7 Å². The molecule has 0 aliphatic heterocycles. The van der Waals surface area contributed by atoms with Crippen molar-refractivity contribution in [3.05, 3.63) is 49.1 Å². The number of hydrogen-bond donors (Lipinski definition) is 1. The molecule has 1 N–H and O–H groups in total. The van der Waals surface area contributed by atoms with E-state index < -0.39 is 12.1 Å². The van der Waals surface area contributed by atoms with Gasteiger partial charge in [-0.3, -0.25) is 0 Å². The molecule has 1 atom stereocenters. The minimum absolute atomic E-state index is 0. The molecule has 7 heteroatoms. The van der Waals surface area contributed by atoms with Crippen molar-refractivity contribution in [1.29, 1.82) is 0 Å². The monoisotopic (exact) mass is 405 g/mol. The van der Waals surface area contributed by atoms with Crippen molar-refractivity contribution < 1.29 is 41.1 Å². The lowest BCUT2D eigenvalue weighted by Gasteiger charge is -2.26. The first kappa shape index (κ1) is 32.8. The van der Waals surface area contributed by atoms with E-state index in [4.69, 9.17) is 4.74 Å². The van der Waals surface area contributed by atoms with Gasteiger partial charge in [0.1, 0.15) is 19.3 Å². The van der Waals surface area contributed by atoms with Gasteiger partial charge in [0.15, 0.2) is 0 Å². The number of aliphatic hydroxyl groups excluding tert-OH is 1. The summed E-state index contributed by atoms with van der Waals surface area (Å²) in [6.07, 6.45) is 1.10. The molecular formula is C20H36ClNO5. The van der Waals surface area contributed by atoms with Crippen LogP contribution in [0.15, 0.2) is 49.1 Å². The fourth-order valence-corrected chi connectivity index (χ4v) is 1.15. The van der Waals surface area contributed by atoms with Crippen LogP contribution in [0.3, 0.4) is 0 Å². The van der Waals surface area contributed by atoms with Gasteiger partial charge in [-0.1, -0.05) is 38.0 Å². The van der Waals surface area contributed by atoms with Crippen LogP contribution in [0.4, 0.5) is 0 Å². The number of carbonyl (C=O) groups excluding carboxylic acids is 2. The standard InChI is InChI=1S/C10H20NO3.C5H8O2.C5H8.ClH/c1-8(2)10(13)14-7-9(12)6-11(3,4)5;1-4(2)5(6)7-3;1-4-5(2)3;/h9,12H,1,6-7H2,2-5H3;1H2,2-3H3;4H,1-2H2,3H3;1H/q+1;;;/p-1. The zero-order chi connectivity index (χ0) is 21.5. The Morgan fingerprint density at radius 3 is 1.59 bits per heavy atom. The number of carbonyl (C=O) groups is 2. The number of esters is 2. The molecule has 0 radical (unpaired) electrons. The quantitative estimate of drug-likeness (QED) is 0.271. The number of nitrogens with zero attached hydrogens (tertiary/aromatic N) is 1. The highest BCUT2D eigenvalue weighted by Crippen LogP contribution is 1.98. The molecule has 27 heavy (non-hydrogen) atoms. The van der Waals surface area contributed by atoms with Gasteiger partial charge in [-0.15, -0.1) is 0 Å². The van der Waals surface area contributed by atoms with E-state index in [0.29, 0.717) is 22.2 Å². The predicted octanol–water partition coefficient (Wildman–Crippen LogP) is -0.339. The molecule has 0 aromatic carbocycles. The van der Waals surface area contributed by atoms with Gasteiger partial charge in [0.05, 0.1) is 28.3 Å². The fourth-order valence-electron chi connectivity index (χ4n) is 1.15. The average Bonchev–Trinajstić information content (AvgIpc) is 2.50. The SMILES string of the molecule is C=C(C)C(=O)OC.C=C(C)C(=O)OCC(O)C[N+](C)(C)C.C=CC(=C)C.[Cl-]. The highest BCUT2D eigenvalue weighted by atomic mass is 35.5.